The summed E-state index contributed by atoms with van der Waals surface area (Å²) in [5.74, 6) is -1.08. The van der Waals surface area contributed by atoms with Crippen molar-refractivity contribution in [2.45, 2.75) is 220 Å². The van der Waals surface area contributed by atoms with E-state index in [-0.39, 0.29) is 30.5 Å². The molecule has 8 fully saturated rings. The minimum Gasteiger partial charge on any atom is -0.394 e. The molecule has 0 radical (unpaired) electrons. The summed E-state index contributed by atoms with van der Waals surface area (Å²) >= 11 is 0. The highest BCUT2D eigenvalue weighted by Crippen LogP contribution is 2.72. The Morgan fingerprint density at radius 3 is 2.00 bits per heavy atom. The molecule has 9 rings (SSSR count). The van der Waals surface area contributed by atoms with Crippen molar-refractivity contribution in [3.63, 3.8) is 0 Å². The number of ether oxygens (including phenoxy) is 8. The molecular weight excluding hydrogens is 844 g/mol. The van der Waals surface area contributed by atoms with Crippen molar-refractivity contribution in [2.24, 2.45) is 34.5 Å². The molecule has 19 nitrogen and oxygen atoms in total. The van der Waals surface area contributed by atoms with Crippen molar-refractivity contribution in [1.29, 1.82) is 0 Å². The first-order valence-electron chi connectivity index (χ1n) is 23.5. The molecule has 4 aliphatic carbocycles. The van der Waals surface area contributed by atoms with E-state index in [1.54, 1.807) is 6.92 Å². The highest BCUT2D eigenvalue weighted by molar-refractivity contribution is 5.29. The number of aliphatic hydroxyl groups excluding tert-OH is 9. The first-order valence-corrected chi connectivity index (χ1v) is 23.5. The van der Waals surface area contributed by atoms with Gasteiger partial charge in [-0.2, -0.15) is 0 Å². The molecule has 19 heteroatoms. The molecule has 64 heavy (non-hydrogen) atoms. The van der Waals surface area contributed by atoms with Gasteiger partial charge >= 0.3 is 0 Å². The minimum atomic E-state index is -1.78. The Labute approximate surface area is 373 Å². The zero-order valence-corrected chi connectivity index (χ0v) is 37.5. The van der Waals surface area contributed by atoms with Crippen LogP contribution in [-0.2, 0) is 37.9 Å². The van der Waals surface area contributed by atoms with Crippen LogP contribution in [0.4, 0.5) is 0 Å². The SMILES string of the molecule is CC1OC(OC2C(C)OC(OC3C(CO)OC(OC4CCC5(C)C(=CCC6C5CCC5(C)C6CC6OC7(OCC(C)(O)CC7O)C(C)C65O)C4)C(O)C3O)C(O)C2O)C(O)C(O)C1O. The largest absolute Gasteiger partial charge is 0.394 e. The van der Waals surface area contributed by atoms with Gasteiger partial charge in [0.25, 0.3) is 0 Å². The number of rotatable bonds is 7. The molecule has 0 amide bonds. The van der Waals surface area contributed by atoms with Crippen LogP contribution in [0.2, 0.25) is 0 Å². The fraction of sp³-hybridized carbons (Fsp3) is 0.956. The summed E-state index contributed by atoms with van der Waals surface area (Å²) in [6.07, 6.45) is -16.0. The van der Waals surface area contributed by atoms with Gasteiger partial charge in [0.05, 0.1) is 43.2 Å². The van der Waals surface area contributed by atoms with Crippen LogP contribution in [0.1, 0.15) is 92.9 Å². The number of aliphatic hydroxyl groups is 11. The highest BCUT2D eigenvalue weighted by Gasteiger charge is 2.78. The van der Waals surface area contributed by atoms with E-state index in [0.29, 0.717) is 31.1 Å². The number of hydrogen-bond acceptors (Lipinski definition) is 19. The van der Waals surface area contributed by atoms with Gasteiger partial charge in [-0.25, -0.2) is 0 Å². The van der Waals surface area contributed by atoms with Crippen molar-refractivity contribution in [3.05, 3.63) is 11.6 Å². The lowest BCUT2D eigenvalue weighted by Crippen LogP contribution is -2.65. The van der Waals surface area contributed by atoms with E-state index in [2.05, 4.69) is 19.9 Å². The van der Waals surface area contributed by atoms with E-state index in [1.807, 2.05) is 6.92 Å². The van der Waals surface area contributed by atoms with Crippen molar-refractivity contribution in [1.82, 2.24) is 0 Å². The monoisotopic (exact) mass is 916 g/mol. The Morgan fingerprint density at radius 1 is 0.703 bits per heavy atom. The standard InChI is InChI=1S/C45H72O19/c1-18-29(48)30(49)33(52)38(58-18)62-36-19(2)59-39(34(53)31(36)50)63-37-26(16-46)61-40(35(54)32(37)51)60-22-9-11-42(5)21(13-22)7-8-23-24(42)10-12-43(6)25(23)14-28-44(43,56)20(3)45(64-28)27(47)15-41(4,55)17-57-45/h7,18-20,22-40,46-56H,8-17H2,1-6H3. The van der Waals surface area contributed by atoms with Gasteiger partial charge in [0.15, 0.2) is 18.9 Å². The highest BCUT2D eigenvalue weighted by atomic mass is 16.8. The van der Waals surface area contributed by atoms with Crippen molar-refractivity contribution >= 4 is 0 Å². The third-order valence-electron chi connectivity index (χ3n) is 17.9. The van der Waals surface area contributed by atoms with Crippen LogP contribution in [0.5, 0.6) is 0 Å². The van der Waals surface area contributed by atoms with Crippen molar-refractivity contribution in [3.8, 4) is 0 Å². The van der Waals surface area contributed by atoms with Crippen LogP contribution in [0.25, 0.3) is 0 Å². The van der Waals surface area contributed by atoms with E-state index in [9.17, 15) is 56.2 Å². The molecule has 1 spiro atoms. The second-order valence-electron chi connectivity index (χ2n) is 21.6. The lowest BCUT2D eigenvalue weighted by atomic mass is 9.46. The lowest BCUT2D eigenvalue weighted by molar-refractivity contribution is -0.376. The first-order chi connectivity index (χ1) is 30.0. The maximum atomic E-state index is 12.8. The Balaban J connectivity index is 0.820. The van der Waals surface area contributed by atoms with E-state index in [1.165, 1.54) is 19.4 Å². The molecule has 5 saturated heterocycles. The average Bonchev–Trinajstić information content (AvgIpc) is 3.61. The van der Waals surface area contributed by atoms with E-state index < -0.39 is 139 Å². The van der Waals surface area contributed by atoms with Crippen LogP contribution in [0.15, 0.2) is 11.6 Å². The third kappa shape index (κ3) is 7.25. The van der Waals surface area contributed by atoms with Gasteiger partial charge in [-0.05, 0) is 88.9 Å². The summed E-state index contributed by atoms with van der Waals surface area (Å²) in [5, 5.41) is 121. The molecule has 366 valence electrons. The molecule has 11 N–H and O–H groups in total. The molecule has 0 aromatic heterocycles. The van der Waals surface area contributed by atoms with Crippen molar-refractivity contribution in [2.75, 3.05) is 13.2 Å². The Bertz CT molecular complexity index is 1740. The number of fused-ring (bicyclic) bond motifs is 7. The second-order valence-corrected chi connectivity index (χ2v) is 21.6. The molecule has 0 bridgehead atoms. The molecule has 27 unspecified atom stereocenters. The predicted molar refractivity (Wildman–Crippen MR) is 217 cm³/mol. The van der Waals surface area contributed by atoms with Gasteiger partial charge in [0.1, 0.15) is 72.7 Å². The fourth-order valence-corrected chi connectivity index (χ4v) is 14.1. The van der Waals surface area contributed by atoms with Gasteiger partial charge in [-0.15, -0.1) is 0 Å². The van der Waals surface area contributed by atoms with Crippen LogP contribution in [0, 0.1) is 34.5 Å². The fourth-order valence-electron chi connectivity index (χ4n) is 14.1. The molecule has 5 aliphatic heterocycles. The lowest BCUT2D eigenvalue weighted by Gasteiger charge is -2.60. The zero-order chi connectivity index (χ0) is 46.2. The van der Waals surface area contributed by atoms with Crippen LogP contribution < -0.4 is 0 Å². The second kappa shape index (κ2) is 16.8. The van der Waals surface area contributed by atoms with Crippen LogP contribution in [-0.4, -0.2) is 197 Å². The number of hydrogen-bond donors (Lipinski definition) is 11. The van der Waals surface area contributed by atoms with E-state index >= 15 is 0 Å². The molecular formula is C45H72O19. The Hall–Kier alpha value is -1.02. The van der Waals surface area contributed by atoms with E-state index in [0.717, 1.165) is 25.7 Å². The molecule has 3 saturated carbocycles. The van der Waals surface area contributed by atoms with Gasteiger partial charge in [-0.3, -0.25) is 0 Å². The summed E-state index contributed by atoms with van der Waals surface area (Å²) in [6, 6.07) is 0. The van der Waals surface area contributed by atoms with Crippen molar-refractivity contribution < 1.29 is 94.1 Å². The quantitative estimate of drug-likeness (QED) is 0.129. The third-order valence-corrected chi connectivity index (χ3v) is 17.9. The molecule has 0 aromatic rings. The number of allylic oxidation sites excluding steroid dienone is 1. The molecule has 9 aliphatic rings. The summed E-state index contributed by atoms with van der Waals surface area (Å²) in [6.45, 7) is 10.4. The maximum Gasteiger partial charge on any atom is 0.200 e. The summed E-state index contributed by atoms with van der Waals surface area (Å²) < 4.78 is 48.1. The summed E-state index contributed by atoms with van der Waals surface area (Å²) in [4.78, 5) is 0. The first kappa shape index (κ1) is 48.0. The predicted octanol–water partition coefficient (Wildman–Crippen LogP) is -1.56. The van der Waals surface area contributed by atoms with Crippen LogP contribution >= 0.6 is 0 Å². The van der Waals surface area contributed by atoms with Gasteiger partial charge < -0.3 is 94.1 Å². The normalized spacial score (nSPS) is 59.7. The molecule has 0 aromatic carbocycles. The maximum absolute atomic E-state index is 12.8. The Morgan fingerprint density at radius 2 is 1.33 bits per heavy atom. The zero-order valence-electron chi connectivity index (χ0n) is 37.5. The average molecular weight is 917 g/mol. The summed E-state index contributed by atoms with van der Waals surface area (Å²) in [5.41, 5.74) is -1.76. The topological polar surface area (TPSA) is 296 Å². The molecule has 5 heterocycles. The smallest absolute Gasteiger partial charge is 0.200 e. The Kier molecular flexibility index (Phi) is 12.6. The van der Waals surface area contributed by atoms with E-state index in [4.69, 9.17) is 37.9 Å². The van der Waals surface area contributed by atoms with Gasteiger partial charge in [0, 0.05) is 17.8 Å². The molecule has 27 atom stereocenters. The van der Waals surface area contributed by atoms with Gasteiger partial charge in [-0.1, -0.05) is 32.4 Å². The minimum absolute atomic E-state index is 0.0129. The summed E-state index contributed by atoms with van der Waals surface area (Å²) in [7, 11) is 0. The van der Waals surface area contributed by atoms with Gasteiger partial charge in [0.2, 0.25) is 5.79 Å². The van der Waals surface area contributed by atoms with Crippen LogP contribution in [0.3, 0.4) is 0 Å².